The zero-order chi connectivity index (χ0) is 11.7. The average Bonchev–Trinajstić information content (AvgIpc) is 2.18. The summed E-state index contributed by atoms with van der Waals surface area (Å²) in [7, 11) is 0. The van der Waals surface area contributed by atoms with Gasteiger partial charge in [-0.05, 0) is 12.8 Å². The van der Waals surface area contributed by atoms with Crippen molar-refractivity contribution in [3.05, 3.63) is 0 Å². The number of carbonyl (C=O) groups excluding carboxylic acids is 2. The topological polar surface area (TPSA) is 34.1 Å². The summed E-state index contributed by atoms with van der Waals surface area (Å²) in [5.74, 6) is 0.417. The van der Waals surface area contributed by atoms with Gasteiger partial charge in [0, 0.05) is 25.2 Å². The Hall–Kier alpha value is -0.660. The molecule has 0 saturated carbocycles. The molecule has 88 valence electrons. The fraction of sp³-hybridized carbons (Fsp3) is 0.846. The number of hydrogen-bond donors (Lipinski definition) is 0. The number of Topliss-reactive ketones (excluding diaryl/α,β-unsaturated/α-hetero) is 2. The zero-order valence-corrected chi connectivity index (χ0v) is 10.3. The van der Waals surface area contributed by atoms with E-state index in [0.29, 0.717) is 19.3 Å². The number of rotatable bonds is 9. The van der Waals surface area contributed by atoms with Gasteiger partial charge in [-0.3, -0.25) is 9.59 Å². The quantitative estimate of drug-likeness (QED) is 0.548. The molecule has 15 heavy (non-hydrogen) atoms. The fourth-order valence-corrected chi connectivity index (χ4v) is 1.62. The molecule has 0 fully saturated rings. The lowest BCUT2D eigenvalue weighted by Gasteiger charge is -2.08. The van der Waals surface area contributed by atoms with E-state index in [4.69, 9.17) is 0 Å². The van der Waals surface area contributed by atoms with E-state index in [1.54, 1.807) is 0 Å². The fourth-order valence-electron chi connectivity index (χ4n) is 1.62. The molecule has 0 saturated heterocycles. The Morgan fingerprint density at radius 2 is 1.67 bits per heavy atom. The van der Waals surface area contributed by atoms with Crippen LogP contribution in [0.25, 0.3) is 0 Å². The highest BCUT2D eigenvalue weighted by molar-refractivity contribution is 5.87. The first-order valence-electron chi connectivity index (χ1n) is 6.16. The van der Waals surface area contributed by atoms with Crippen molar-refractivity contribution in [2.45, 2.75) is 65.7 Å². The van der Waals surface area contributed by atoms with Crippen molar-refractivity contribution in [1.29, 1.82) is 0 Å². The highest BCUT2D eigenvalue weighted by Gasteiger charge is 2.15. The highest BCUT2D eigenvalue weighted by Crippen LogP contribution is 2.11. The molecular weight excluding hydrogens is 188 g/mol. The maximum atomic E-state index is 11.5. The number of unbranched alkanes of at least 4 members (excludes halogenated alkanes) is 2. The molecule has 0 amide bonds. The minimum Gasteiger partial charge on any atom is -0.300 e. The summed E-state index contributed by atoms with van der Waals surface area (Å²) in [6, 6.07) is 0. The third-order valence-corrected chi connectivity index (χ3v) is 2.64. The molecule has 1 atom stereocenters. The van der Waals surface area contributed by atoms with Gasteiger partial charge in [0.1, 0.15) is 11.6 Å². The van der Waals surface area contributed by atoms with Gasteiger partial charge in [0.2, 0.25) is 0 Å². The maximum Gasteiger partial charge on any atom is 0.136 e. The molecule has 0 heterocycles. The van der Waals surface area contributed by atoms with E-state index < -0.39 is 0 Å². The van der Waals surface area contributed by atoms with Gasteiger partial charge in [0.05, 0.1) is 0 Å². The first-order chi connectivity index (χ1) is 7.11. The largest absolute Gasteiger partial charge is 0.300 e. The van der Waals surface area contributed by atoms with Gasteiger partial charge in [-0.15, -0.1) is 0 Å². The lowest BCUT2D eigenvalue weighted by molar-refractivity contribution is -0.127. The summed E-state index contributed by atoms with van der Waals surface area (Å²) in [6.45, 7) is 5.99. The van der Waals surface area contributed by atoms with E-state index in [9.17, 15) is 9.59 Å². The van der Waals surface area contributed by atoms with Crippen LogP contribution in [0.1, 0.15) is 65.7 Å². The predicted octanol–water partition coefficient (Wildman–Crippen LogP) is 3.53. The van der Waals surface area contributed by atoms with Crippen molar-refractivity contribution in [1.82, 2.24) is 0 Å². The molecule has 0 aliphatic rings. The van der Waals surface area contributed by atoms with Crippen LogP contribution in [0.5, 0.6) is 0 Å². The molecule has 2 heteroatoms. The van der Waals surface area contributed by atoms with Crippen molar-refractivity contribution < 1.29 is 9.59 Å². The third kappa shape index (κ3) is 7.29. The number of hydrogen-bond acceptors (Lipinski definition) is 2. The van der Waals surface area contributed by atoms with E-state index in [2.05, 4.69) is 6.92 Å². The molecule has 0 aromatic carbocycles. The third-order valence-electron chi connectivity index (χ3n) is 2.64. The summed E-state index contributed by atoms with van der Waals surface area (Å²) < 4.78 is 0. The smallest absolute Gasteiger partial charge is 0.136 e. The summed E-state index contributed by atoms with van der Waals surface area (Å²) >= 11 is 0. The average molecular weight is 212 g/mol. The first kappa shape index (κ1) is 14.3. The van der Waals surface area contributed by atoms with Gasteiger partial charge >= 0.3 is 0 Å². The molecule has 0 spiro atoms. The number of ketones is 2. The summed E-state index contributed by atoms with van der Waals surface area (Å²) in [5.41, 5.74) is 0. The Morgan fingerprint density at radius 1 is 1.00 bits per heavy atom. The molecule has 0 radical (unpaired) electrons. The Bertz CT molecular complexity index is 197. The van der Waals surface area contributed by atoms with Crippen LogP contribution in [0.3, 0.4) is 0 Å². The predicted molar refractivity (Wildman–Crippen MR) is 62.8 cm³/mol. The van der Waals surface area contributed by atoms with Gasteiger partial charge in [-0.1, -0.05) is 33.6 Å². The van der Waals surface area contributed by atoms with Gasteiger partial charge in [0.25, 0.3) is 0 Å². The Morgan fingerprint density at radius 3 is 2.20 bits per heavy atom. The molecule has 0 N–H and O–H groups in total. The van der Waals surface area contributed by atoms with Crippen molar-refractivity contribution in [2.24, 2.45) is 5.92 Å². The lowest BCUT2D eigenvalue weighted by atomic mass is 9.95. The standard InChI is InChI=1S/C13H24O2/c1-4-6-7-9-12(14)10-11(3)13(15)8-5-2/h11H,4-10H2,1-3H3. The normalized spacial score (nSPS) is 12.5. The van der Waals surface area contributed by atoms with Crippen LogP contribution in [0, 0.1) is 5.92 Å². The van der Waals surface area contributed by atoms with Gasteiger partial charge in [-0.25, -0.2) is 0 Å². The number of carbonyl (C=O) groups is 2. The first-order valence-corrected chi connectivity index (χ1v) is 6.16. The minimum atomic E-state index is -0.0703. The second-order valence-electron chi connectivity index (χ2n) is 4.32. The Kier molecular flexibility index (Phi) is 8.25. The van der Waals surface area contributed by atoms with Crippen LogP contribution in [-0.4, -0.2) is 11.6 Å². The maximum absolute atomic E-state index is 11.5. The molecular formula is C13H24O2. The van der Waals surface area contributed by atoms with Crippen LogP contribution >= 0.6 is 0 Å². The molecule has 0 aliphatic heterocycles. The van der Waals surface area contributed by atoms with Crippen molar-refractivity contribution in [3.8, 4) is 0 Å². The Labute approximate surface area is 93.4 Å². The summed E-state index contributed by atoms with van der Waals surface area (Å²) in [5, 5.41) is 0. The highest BCUT2D eigenvalue weighted by atomic mass is 16.1. The van der Waals surface area contributed by atoms with Crippen LogP contribution in [0.2, 0.25) is 0 Å². The summed E-state index contributed by atoms with van der Waals surface area (Å²) in [6.07, 6.45) is 5.82. The van der Waals surface area contributed by atoms with Crippen molar-refractivity contribution >= 4 is 11.6 Å². The molecule has 0 aromatic rings. The monoisotopic (exact) mass is 212 g/mol. The molecule has 0 aromatic heterocycles. The van der Waals surface area contributed by atoms with E-state index in [1.807, 2.05) is 13.8 Å². The Balaban J connectivity index is 3.70. The SMILES string of the molecule is CCCCCC(=O)CC(C)C(=O)CCC. The molecule has 0 bridgehead atoms. The van der Waals surface area contributed by atoms with Crippen LogP contribution in [0.15, 0.2) is 0 Å². The molecule has 1 unspecified atom stereocenters. The second-order valence-corrected chi connectivity index (χ2v) is 4.32. The molecule has 0 rings (SSSR count). The van der Waals surface area contributed by atoms with E-state index in [0.717, 1.165) is 25.7 Å². The van der Waals surface area contributed by atoms with Crippen LogP contribution < -0.4 is 0 Å². The van der Waals surface area contributed by atoms with Gasteiger partial charge in [0.15, 0.2) is 0 Å². The molecule has 0 aliphatic carbocycles. The van der Waals surface area contributed by atoms with Crippen molar-refractivity contribution in [2.75, 3.05) is 0 Å². The second kappa shape index (κ2) is 8.63. The van der Waals surface area contributed by atoms with Gasteiger partial charge in [-0.2, -0.15) is 0 Å². The molecule has 2 nitrogen and oxygen atoms in total. The van der Waals surface area contributed by atoms with E-state index in [1.165, 1.54) is 0 Å². The van der Waals surface area contributed by atoms with E-state index >= 15 is 0 Å². The van der Waals surface area contributed by atoms with Crippen LogP contribution in [-0.2, 0) is 9.59 Å². The van der Waals surface area contributed by atoms with Gasteiger partial charge < -0.3 is 0 Å². The van der Waals surface area contributed by atoms with E-state index in [-0.39, 0.29) is 17.5 Å². The summed E-state index contributed by atoms with van der Waals surface area (Å²) in [4.78, 5) is 22.9. The van der Waals surface area contributed by atoms with Crippen LogP contribution in [0.4, 0.5) is 0 Å². The van der Waals surface area contributed by atoms with Crippen molar-refractivity contribution in [3.63, 3.8) is 0 Å². The lowest BCUT2D eigenvalue weighted by Crippen LogP contribution is -2.15. The zero-order valence-electron chi connectivity index (χ0n) is 10.3. The minimum absolute atomic E-state index is 0.0703.